The maximum atomic E-state index is 12.8. The molecule has 3 rings (SSSR count). The van der Waals surface area contributed by atoms with E-state index in [4.69, 9.17) is 0 Å². The molecule has 1 saturated heterocycles. The van der Waals surface area contributed by atoms with Crippen molar-refractivity contribution in [1.29, 1.82) is 0 Å². The highest BCUT2D eigenvalue weighted by atomic mass is 16.2. The molecule has 1 atom stereocenters. The maximum absolute atomic E-state index is 12.8. The molecule has 1 aromatic heterocycles. The lowest BCUT2D eigenvalue weighted by Gasteiger charge is -2.34. The molecule has 0 bridgehead atoms. The summed E-state index contributed by atoms with van der Waals surface area (Å²) in [6.45, 7) is 4.64. The zero-order valence-corrected chi connectivity index (χ0v) is 13.2. The zero-order valence-electron chi connectivity index (χ0n) is 13.2. The topological polar surface area (TPSA) is 53.2 Å². The van der Waals surface area contributed by atoms with Crippen molar-refractivity contribution in [2.75, 3.05) is 6.54 Å². The first kappa shape index (κ1) is 14.8. The Morgan fingerprint density at radius 3 is 2.82 bits per heavy atom. The van der Waals surface area contributed by atoms with E-state index in [1.807, 2.05) is 31.2 Å². The van der Waals surface area contributed by atoms with Crippen LogP contribution in [-0.4, -0.2) is 34.2 Å². The number of ketones is 1. The predicted molar refractivity (Wildman–Crippen MR) is 87.0 cm³/mol. The van der Waals surface area contributed by atoms with Crippen molar-refractivity contribution in [1.82, 2.24) is 9.88 Å². The molecule has 1 amide bonds. The van der Waals surface area contributed by atoms with Gasteiger partial charge in [0, 0.05) is 29.2 Å². The second kappa shape index (κ2) is 5.95. The fourth-order valence-corrected chi connectivity index (χ4v) is 3.50. The molecule has 1 N–H and O–H groups in total. The van der Waals surface area contributed by atoms with Crippen LogP contribution in [0, 0.1) is 6.92 Å². The third-order valence-corrected chi connectivity index (χ3v) is 4.67. The number of aryl methyl sites for hydroxylation is 1. The van der Waals surface area contributed by atoms with Crippen LogP contribution in [0.4, 0.5) is 0 Å². The summed E-state index contributed by atoms with van der Waals surface area (Å²) < 4.78 is 0. The van der Waals surface area contributed by atoms with E-state index < -0.39 is 0 Å². The molecule has 0 saturated carbocycles. The van der Waals surface area contributed by atoms with E-state index in [-0.39, 0.29) is 17.7 Å². The van der Waals surface area contributed by atoms with Crippen LogP contribution >= 0.6 is 0 Å². The first-order valence-electron chi connectivity index (χ1n) is 8.06. The molecule has 1 fully saturated rings. The third-order valence-electron chi connectivity index (χ3n) is 4.67. The Labute approximate surface area is 130 Å². The van der Waals surface area contributed by atoms with Gasteiger partial charge in [0.2, 0.25) is 0 Å². The minimum Gasteiger partial charge on any atom is -0.358 e. The number of Topliss-reactive ketones (excluding diaryl/α,β-unsaturated/α-hetero) is 1. The number of carbonyl (C=O) groups excluding carboxylic acids is 2. The summed E-state index contributed by atoms with van der Waals surface area (Å²) in [6.07, 6.45) is 4.04. The summed E-state index contributed by atoms with van der Waals surface area (Å²) in [5, 5.41) is 0.836. The van der Waals surface area contributed by atoms with E-state index in [1.165, 1.54) is 0 Å². The van der Waals surface area contributed by atoms with Crippen LogP contribution in [0.1, 0.15) is 48.7 Å². The Morgan fingerprint density at radius 1 is 1.27 bits per heavy atom. The maximum Gasteiger partial charge on any atom is 0.295 e. The molecule has 0 spiro atoms. The second-order valence-corrected chi connectivity index (χ2v) is 6.06. The number of para-hydroxylation sites is 1. The fraction of sp³-hybridized carbons (Fsp3) is 0.444. The Morgan fingerprint density at radius 2 is 2.05 bits per heavy atom. The van der Waals surface area contributed by atoms with Gasteiger partial charge in [-0.05, 0) is 38.7 Å². The number of aromatic amines is 1. The smallest absolute Gasteiger partial charge is 0.295 e. The lowest BCUT2D eigenvalue weighted by atomic mass is 9.98. The van der Waals surface area contributed by atoms with E-state index in [0.29, 0.717) is 12.1 Å². The summed E-state index contributed by atoms with van der Waals surface area (Å²) in [7, 11) is 0. The average Bonchev–Trinajstić information content (AvgIpc) is 2.89. The highest BCUT2D eigenvalue weighted by molar-refractivity contribution is 6.45. The number of aromatic nitrogens is 1. The molecule has 4 nitrogen and oxygen atoms in total. The van der Waals surface area contributed by atoms with Gasteiger partial charge in [-0.3, -0.25) is 9.59 Å². The molecule has 2 aromatic rings. The monoisotopic (exact) mass is 298 g/mol. The van der Waals surface area contributed by atoms with Crippen molar-refractivity contribution in [3.8, 4) is 0 Å². The standard InChI is InChI=1S/C18H22N2O2/c1-3-13-8-6-7-11-20(13)18(22)17(21)16-12(2)19-15-10-5-4-9-14(15)16/h4-5,9-10,13,19H,3,6-8,11H2,1-2H3/t13-/m1/s1. The Balaban J connectivity index is 1.95. The first-order valence-corrected chi connectivity index (χ1v) is 8.06. The SMILES string of the molecule is CC[C@@H]1CCCCN1C(=O)C(=O)c1c(C)[nH]c2ccccc12. The van der Waals surface area contributed by atoms with Gasteiger partial charge in [0.05, 0.1) is 5.56 Å². The molecule has 116 valence electrons. The van der Waals surface area contributed by atoms with Crippen molar-refractivity contribution < 1.29 is 9.59 Å². The van der Waals surface area contributed by atoms with Gasteiger partial charge in [0.25, 0.3) is 11.7 Å². The van der Waals surface area contributed by atoms with Gasteiger partial charge in [-0.1, -0.05) is 25.1 Å². The minimum absolute atomic E-state index is 0.204. The number of carbonyl (C=O) groups is 2. The molecule has 0 unspecified atom stereocenters. The number of nitrogens with zero attached hydrogens (tertiary/aromatic N) is 1. The van der Waals surface area contributed by atoms with Gasteiger partial charge in [-0.15, -0.1) is 0 Å². The van der Waals surface area contributed by atoms with Gasteiger partial charge in [0.15, 0.2) is 0 Å². The lowest BCUT2D eigenvalue weighted by molar-refractivity contribution is -0.130. The number of rotatable bonds is 3. The van der Waals surface area contributed by atoms with E-state index in [0.717, 1.165) is 42.3 Å². The van der Waals surface area contributed by atoms with Crippen molar-refractivity contribution in [2.24, 2.45) is 0 Å². The summed E-state index contributed by atoms with van der Waals surface area (Å²) in [4.78, 5) is 30.5. The average molecular weight is 298 g/mol. The molecule has 1 aliphatic heterocycles. The van der Waals surface area contributed by atoms with Gasteiger partial charge in [-0.25, -0.2) is 0 Å². The van der Waals surface area contributed by atoms with E-state index in [2.05, 4.69) is 11.9 Å². The fourth-order valence-electron chi connectivity index (χ4n) is 3.50. The van der Waals surface area contributed by atoms with Gasteiger partial charge >= 0.3 is 0 Å². The van der Waals surface area contributed by atoms with E-state index >= 15 is 0 Å². The van der Waals surface area contributed by atoms with Crippen molar-refractivity contribution >= 4 is 22.6 Å². The molecule has 0 aliphatic carbocycles. The quantitative estimate of drug-likeness (QED) is 0.697. The summed E-state index contributed by atoms with van der Waals surface area (Å²) >= 11 is 0. The highest BCUT2D eigenvalue weighted by Crippen LogP contribution is 2.25. The van der Waals surface area contributed by atoms with Crippen molar-refractivity contribution in [2.45, 2.75) is 45.6 Å². The third kappa shape index (κ3) is 2.43. The number of likely N-dealkylation sites (tertiary alicyclic amines) is 1. The molecule has 0 radical (unpaired) electrons. The number of piperidine rings is 1. The lowest BCUT2D eigenvalue weighted by Crippen LogP contribution is -2.46. The van der Waals surface area contributed by atoms with Crippen LogP contribution in [0.5, 0.6) is 0 Å². The van der Waals surface area contributed by atoms with E-state index in [1.54, 1.807) is 4.90 Å². The van der Waals surface area contributed by atoms with Crippen LogP contribution in [0.25, 0.3) is 10.9 Å². The van der Waals surface area contributed by atoms with Crippen LogP contribution < -0.4 is 0 Å². The minimum atomic E-state index is -0.379. The second-order valence-electron chi connectivity index (χ2n) is 6.06. The van der Waals surface area contributed by atoms with Gasteiger partial charge in [0.1, 0.15) is 0 Å². The molecular formula is C18H22N2O2. The van der Waals surface area contributed by atoms with Crippen LogP contribution in [0.15, 0.2) is 24.3 Å². The number of amides is 1. The largest absolute Gasteiger partial charge is 0.358 e. The van der Waals surface area contributed by atoms with Crippen molar-refractivity contribution in [3.63, 3.8) is 0 Å². The number of hydrogen-bond acceptors (Lipinski definition) is 2. The Bertz CT molecular complexity index is 717. The molecule has 1 aromatic carbocycles. The number of nitrogens with one attached hydrogen (secondary N) is 1. The normalized spacial score (nSPS) is 18.6. The molecule has 4 heteroatoms. The molecule has 1 aliphatic rings. The number of fused-ring (bicyclic) bond motifs is 1. The van der Waals surface area contributed by atoms with Crippen LogP contribution in [0.2, 0.25) is 0 Å². The van der Waals surface area contributed by atoms with Crippen molar-refractivity contribution in [3.05, 3.63) is 35.5 Å². The predicted octanol–water partition coefficient (Wildman–Crippen LogP) is 3.45. The summed E-state index contributed by atoms with van der Waals surface area (Å²) in [6, 6.07) is 7.85. The van der Waals surface area contributed by atoms with Crippen LogP contribution in [-0.2, 0) is 4.79 Å². The molecule has 2 heterocycles. The first-order chi connectivity index (χ1) is 10.6. The van der Waals surface area contributed by atoms with E-state index in [9.17, 15) is 9.59 Å². The molecular weight excluding hydrogens is 276 g/mol. The number of H-pyrrole nitrogens is 1. The Kier molecular flexibility index (Phi) is 4.01. The zero-order chi connectivity index (χ0) is 15.7. The van der Waals surface area contributed by atoms with Crippen LogP contribution in [0.3, 0.4) is 0 Å². The Hall–Kier alpha value is -2.10. The number of hydrogen-bond donors (Lipinski definition) is 1. The number of benzene rings is 1. The summed E-state index contributed by atoms with van der Waals surface area (Å²) in [5.74, 6) is -0.727. The van der Waals surface area contributed by atoms with Gasteiger partial charge in [-0.2, -0.15) is 0 Å². The molecule has 22 heavy (non-hydrogen) atoms. The summed E-state index contributed by atoms with van der Waals surface area (Å²) in [5.41, 5.74) is 2.20. The highest BCUT2D eigenvalue weighted by Gasteiger charge is 2.32. The van der Waals surface area contributed by atoms with Gasteiger partial charge < -0.3 is 9.88 Å².